The predicted molar refractivity (Wildman–Crippen MR) is 69.6 cm³/mol. The fraction of sp³-hybridized carbons (Fsp3) is 0.929. The largest absolute Gasteiger partial charge is 0.338 e. The molecule has 2 rings (SSSR count). The molecule has 0 saturated heterocycles. The molecule has 0 spiro atoms. The zero-order chi connectivity index (χ0) is 12.3. The van der Waals surface area contributed by atoms with Crippen LogP contribution in [-0.4, -0.2) is 29.4 Å². The normalized spacial score (nSPS) is 23.4. The van der Waals surface area contributed by atoms with E-state index in [0.29, 0.717) is 6.04 Å². The highest BCUT2D eigenvalue weighted by Crippen LogP contribution is 2.31. The molecule has 0 aromatic rings. The Morgan fingerprint density at radius 1 is 1.24 bits per heavy atom. The van der Waals surface area contributed by atoms with E-state index in [1.807, 2.05) is 6.92 Å². The van der Waals surface area contributed by atoms with Crippen LogP contribution in [0.15, 0.2) is 0 Å². The van der Waals surface area contributed by atoms with Crippen molar-refractivity contribution in [2.24, 2.45) is 11.7 Å². The summed E-state index contributed by atoms with van der Waals surface area (Å²) in [5.74, 6) is 0.929. The molecular formula is C14H26N2O. The van der Waals surface area contributed by atoms with E-state index in [2.05, 4.69) is 4.90 Å². The number of rotatable bonds is 5. The predicted octanol–water partition coefficient (Wildman–Crippen LogP) is 2.29. The second-order valence-corrected chi connectivity index (χ2v) is 5.74. The maximum Gasteiger partial charge on any atom is 0.239 e. The second-order valence-electron chi connectivity index (χ2n) is 5.74. The van der Waals surface area contributed by atoms with Gasteiger partial charge in [-0.2, -0.15) is 0 Å². The first-order chi connectivity index (χ1) is 8.22. The van der Waals surface area contributed by atoms with Crippen LogP contribution >= 0.6 is 0 Å². The van der Waals surface area contributed by atoms with Crippen LogP contribution in [0.5, 0.6) is 0 Å². The summed E-state index contributed by atoms with van der Waals surface area (Å²) in [7, 11) is 0. The van der Waals surface area contributed by atoms with Crippen LogP contribution in [0.2, 0.25) is 0 Å². The third-order valence-corrected chi connectivity index (χ3v) is 4.21. The Morgan fingerprint density at radius 2 is 1.88 bits per heavy atom. The molecule has 2 aliphatic rings. The summed E-state index contributed by atoms with van der Waals surface area (Å²) in [6.45, 7) is 2.96. The highest BCUT2D eigenvalue weighted by Gasteiger charge is 2.35. The van der Waals surface area contributed by atoms with Crippen molar-refractivity contribution in [2.75, 3.05) is 6.54 Å². The van der Waals surface area contributed by atoms with Crippen molar-refractivity contribution in [3.63, 3.8) is 0 Å². The molecule has 17 heavy (non-hydrogen) atoms. The second kappa shape index (κ2) is 5.85. The van der Waals surface area contributed by atoms with Crippen molar-refractivity contribution in [3.05, 3.63) is 0 Å². The van der Waals surface area contributed by atoms with Crippen LogP contribution in [0.25, 0.3) is 0 Å². The maximum atomic E-state index is 12.2. The third kappa shape index (κ3) is 3.44. The van der Waals surface area contributed by atoms with Gasteiger partial charge in [0.15, 0.2) is 0 Å². The number of carbonyl (C=O) groups excluding carboxylic acids is 1. The van der Waals surface area contributed by atoms with E-state index in [4.69, 9.17) is 5.73 Å². The molecule has 0 aliphatic heterocycles. The SMILES string of the molecule is CC[C@H](N)C(=O)N(CC1CCCCC1)C1CC1. The maximum absolute atomic E-state index is 12.2. The molecule has 0 heterocycles. The average Bonchev–Trinajstić information content (AvgIpc) is 3.19. The van der Waals surface area contributed by atoms with Crippen molar-refractivity contribution < 1.29 is 4.79 Å². The minimum absolute atomic E-state index is 0.195. The number of nitrogens with two attached hydrogens (primary N) is 1. The van der Waals surface area contributed by atoms with Crippen LogP contribution in [0.1, 0.15) is 58.3 Å². The lowest BCUT2D eigenvalue weighted by Gasteiger charge is -2.31. The van der Waals surface area contributed by atoms with E-state index in [9.17, 15) is 4.79 Å². The van der Waals surface area contributed by atoms with Crippen LogP contribution in [0, 0.1) is 5.92 Å². The first kappa shape index (κ1) is 12.9. The van der Waals surface area contributed by atoms with Gasteiger partial charge < -0.3 is 10.6 Å². The average molecular weight is 238 g/mol. The molecule has 1 amide bonds. The fourth-order valence-electron chi connectivity index (χ4n) is 2.84. The van der Waals surface area contributed by atoms with Gasteiger partial charge in [0.05, 0.1) is 6.04 Å². The van der Waals surface area contributed by atoms with E-state index < -0.39 is 0 Å². The molecule has 3 heteroatoms. The Labute approximate surface area is 105 Å². The lowest BCUT2D eigenvalue weighted by atomic mass is 9.88. The van der Waals surface area contributed by atoms with Crippen LogP contribution < -0.4 is 5.73 Å². The van der Waals surface area contributed by atoms with E-state index in [0.717, 1.165) is 18.9 Å². The van der Waals surface area contributed by atoms with E-state index in [1.54, 1.807) is 0 Å². The van der Waals surface area contributed by atoms with Crippen molar-refractivity contribution in [2.45, 2.75) is 70.4 Å². The number of hydrogen-bond donors (Lipinski definition) is 1. The Hall–Kier alpha value is -0.570. The quantitative estimate of drug-likeness (QED) is 0.799. The molecule has 2 fully saturated rings. The standard InChI is InChI=1S/C14H26N2O/c1-2-13(15)14(17)16(12-8-9-12)10-11-6-4-3-5-7-11/h11-13H,2-10,15H2,1H3/t13-/m0/s1. The molecule has 1 atom stereocenters. The lowest BCUT2D eigenvalue weighted by molar-refractivity contribution is -0.134. The summed E-state index contributed by atoms with van der Waals surface area (Å²) < 4.78 is 0. The first-order valence-electron chi connectivity index (χ1n) is 7.28. The van der Waals surface area contributed by atoms with Crippen molar-refractivity contribution >= 4 is 5.91 Å². The van der Waals surface area contributed by atoms with Gasteiger partial charge in [0, 0.05) is 12.6 Å². The fourth-order valence-corrected chi connectivity index (χ4v) is 2.84. The molecule has 0 aromatic heterocycles. The van der Waals surface area contributed by atoms with Crippen molar-refractivity contribution in [1.29, 1.82) is 0 Å². The minimum Gasteiger partial charge on any atom is -0.338 e. The third-order valence-electron chi connectivity index (χ3n) is 4.21. The number of carbonyl (C=O) groups is 1. The highest BCUT2D eigenvalue weighted by molar-refractivity contribution is 5.82. The molecule has 3 nitrogen and oxygen atoms in total. The summed E-state index contributed by atoms with van der Waals surface area (Å²) in [6.07, 6.45) is 9.81. The Morgan fingerprint density at radius 3 is 2.41 bits per heavy atom. The molecule has 2 saturated carbocycles. The summed E-state index contributed by atoms with van der Waals surface area (Å²) in [5.41, 5.74) is 5.90. The summed E-state index contributed by atoms with van der Waals surface area (Å²) in [4.78, 5) is 14.3. The molecule has 2 aliphatic carbocycles. The van der Waals surface area contributed by atoms with Gasteiger partial charge in [-0.05, 0) is 38.0 Å². The van der Waals surface area contributed by atoms with Crippen LogP contribution in [0.3, 0.4) is 0 Å². The summed E-state index contributed by atoms with van der Waals surface area (Å²) in [6, 6.07) is 0.237. The molecule has 98 valence electrons. The lowest BCUT2D eigenvalue weighted by Crippen LogP contribution is -2.46. The van der Waals surface area contributed by atoms with E-state index >= 15 is 0 Å². The molecule has 0 radical (unpaired) electrons. The molecule has 0 bridgehead atoms. The topological polar surface area (TPSA) is 46.3 Å². The Bertz CT molecular complexity index is 257. The van der Waals surface area contributed by atoms with Gasteiger partial charge >= 0.3 is 0 Å². The smallest absolute Gasteiger partial charge is 0.239 e. The van der Waals surface area contributed by atoms with Crippen LogP contribution in [-0.2, 0) is 4.79 Å². The molecular weight excluding hydrogens is 212 g/mol. The number of amides is 1. The number of nitrogens with zero attached hydrogens (tertiary/aromatic N) is 1. The first-order valence-corrected chi connectivity index (χ1v) is 7.28. The van der Waals surface area contributed by atoms with Gasteiger partial charge in [-0.15, -0.1) is 0 Å². The highest BCUT2D eigenvalue weighted by atomic mass is 16.2. The monoisotopic (exact) mass is 238 g/mol. The van der Waals surface area contributed by atoms with Crippen molar-refractivity contribution in [1.82, 2.24) is 4.90 Å². The van der Waals surface area contributed by atoms with Gasteiger partial charge in [0.1, 0.15) is 0 Å². The van der Waals surface area contributed by atoms with E-state index in [-0.39, 0.29) is 11.9 Å². The Kier molecular flexibility index (Phi) is 4.43. The zero-order valence-electron chi connectivity index (χ0n) is 11.0. The summed E-state index contributed by atoms with van der Waals surface area (Å²) >= 11 is 0. The molecule has 2 N–H and O–H groups in total. The van der Waals surface area contributed by atoms with Gasteiger partial charge in [-0.3, -0.25) is 4.79 Å². The number of hydrogen-bond acceptors (Lipinski definition) is 2. The zero-order valence-corrected chi connectivity index (χ0v) is 11.0. The minimum atomic E-state index is -0.279. The van der Waals surface area contributed by atoms with Gasteiger partial charge in [-0.25, -0.2) is 0 Å². The molecule has 0 unspecified atom stereocenters. The van der Waals surface area contributed by atoms with Gasteiger partial charge in [-0.1, -0.05) is 26.2 Å². The van der Waals surface area contributed by atoms with E-state index in [1.165, 1.54) is 44.9 Å². The van der Waals surface area contributed by atoms with Gasteiger partial charge in [0.2, 0.25) is 5.91 Å². The summed E-state index contributed by atoms with van der Waals surface area (Å²) in [5, 5.41) is 0. The van der Waals surface area contributed by atoms with Crippen LogP contribution in [0.4, 0.5) is 0 Å². The van der Waals surface area contributed by atoms with Gasteiger partial charge in [0.25, 0.3) is 0 Å². The van der Waals surface area contributed by atoms with Crippen molar-refractivity contribution in [3.8, 4) is 0 Å². The Balaban J connectivity index is 1.89. The molecule has 0 aromatic carbocycles.